The highest BCUT2D eigenvalue weighted by molar-refractivity contribution is 5.18. The summed E-state index contributed by atoms with van der Waals surface area (Å²) in [5.74, 6) is -0.810. The Labute approximate surface area is 106 Å². The van der Waals surface area contributed by atoms with Crippen molar-refractivity contribution in [3.63, 3.8) is 0 Å². The molecule has 0 saturated heterocycles. The van der Waals surface area contributed by atoms with Gasteiger partial charge in [-0.05, 0) is 25.2 Å². The summed E-state index contributed by atoms with van der Waals surface area (Å²) >= 11 is 0. The van der Waals surface area contributed by atoms with Crippen LogP contribution < -0.4 is 5.32 Å². The van der Waals surface area contributed by atoms with Gasteiger partial charge in [-0.15, -0.1) is 0 Å². The summed E-state index contributed by atoms with van der Waals surface area (Å²) in [5.41, 5.74) is -0.315. The maximum Gasteiger partial charge on any atom is 0.393 e. The highest BCUT2D eigenvalue weighted by Gasteiger charge is 2.28. The topological polar surface area (TPSA) is 12.0 Å². The molecule has 1 aromatic carbocycles. The van der Waals surface area contributed by atoms with Gasteiger partial charge in [0.25, 0.3) is 0 Å². The van der Waals surface area contributed by atoms with E-state index < -0.39 is 18.4 Å². The number of nitrogens with one attached hydrogen (secondary N) is 1. The minimum absolute atomic E-state index is 0.315. The van der Waals surface area contributed by atoms with Crippen molar-refractivity contribution in [3.8, 4) is 0 Å². The van der Waals surface area contributed by atoms with Gasteiger partial charge in [0, 0.05) is 0 Å². The molecule has 5 heteroatoms. The van der Waals surface area contributed by atoms with E-state index in [1.165, 1.54) is 12.1 Å². The van der Waals surface area contributed by atoms with Crippen molar-refractivity contribution in [1.82, 2.24) is 5.32 Å². The molecule has 0 aliphatic heterocycles. The van der Waals surface area contributed by atoms with Crippen LogP contribution in [0.5, 0.6) is 0 Å². The fourth-order valence-corrected chi connectivity index (χ4v) is 0.858. The van der Waals surface area contributed by atoms with E-state index in [0.29, 0.717) is 0 Å². The number of hydrogen-bond donors (Lipinski definition) is 1. The predicted molar refractivity (Wildman–Crippen MR) is 67.1 cm³/mol. The van der Waals surface area contributed by atoms with Crippen molar-refractivity contribution < 1.29 is 17.6 Å². The molecular formula is C13H21F4N. The number of hydrogen-bond acceptors (Lipinski definition) is 1. The molecule has 1 nitrogen and oxygen atoms in total. The van der Waals surface area contributed by atoms with Gasteiger partial charge in [-0.1, -0.05) is 39.0 Å². The van der Waals surface area contributed by atoms with Crippen LogP contribution in [0.3, 0.4) is 0 Å². The second kappa shape index (κ2) is 11.0. The summed E-state index contributed by atoms with van der Waals surface area (Å²) < 4.78 is 47.9. The van der Waals surface area contributed by atoms with Crippen LogP contribution >= 0.6 is 0 Å². The van der Waals surface area contributed by atoms with Gasteiger partial charge in [-0.25, -0.2) is 4.39 Å². The molecule has 0 unspecified atom stereocenters. The molecule has 0 atom stereocenters. The molecule has 0 aliphatic rings. The molecule has 0 aromatic heterocycles. The van der Waals surface area contributed by atoms with E-state index >= 15 is 0 Å². The number of benzene rings is 1. The van der Waals surface area contributed by atoms with E-state index in [-0.39, 0.29) is 5.56 Å². The summed E-state index contributed by atoms with van der Waals surface area (Å²) in [6.45, 7) is 7.14. The van der Waals surface area contributed by atoms with Crippen LogP contribution in [0, 0.1) is 5.82 Å². The lowest BCUT2D eigenvalue weighted by atomic mass is 10.1. The first-order valence-electron chi connectivity index (χ1n) is 5.85. The first-order chi connectivity index (χ1) is 8.40. The summed E-state index contributed by atoms with van der Waals surface area (Å²) in [7, 11) is 1.93. The molecule has 106 valence electrons. The van der Waals surface area contributed by atoms with Crippen LogP contribution in [0.4, 0.5) is 17.6 Å². The van der Waals surface area contributed by atoms with Gasteiger partial charge in [0.05, 0.1) is 6.42 Å². The van der Waals surface area contributed by atoms with E-state index in [1.54, 1.807) is 0 Å². The predicted octanol–water partition coefficient (Wildman–Crippen LogP) is 4.18. The van der Waals surface area contributed by atoms with Crippen molar-refractivity contribution in [2.24, 2.45) is 0 Å². The lowest BCUT2D eigenvalue weighted by molar-refractivity contribution is -0.127. The zero-order valence-corrected chi connectivity index (χ0v) is 11.2. The quantitative estimate of drug-likeness (QED) is 0.792. The summed E-state index contributed by atoms with van der Waals surface area (Å²) in [5, 5.41) is 2.93. The Morgan fingerprint density at radius 2 is 1.56 bits per heavy atom. The molecule has 1 aromatic rings. The summed E-state index contributed by atoms with van der Waals surface area (Å²) in [6.07, 6.45) is -5.55. The normalized spacial score (nSPS) is 9.78. The van der Waals surface area contributed by atoms with Gasteiger partial charge >= 0.3 is 6.18 Å². The molecule has 0 radical (unpaired) electrons. The largest absolute Gasteiger partial charge is 0.393 e. The SMILES string of the molecule is CC.CCNC.Fc1ccccc1CC(F)(F)F. The standard InChI is InChI=1S/C8H6F4.C3H9N.C2H6/c9-7-4-2-1-3-6(7)5-8(10,11)12;1-3-4-2;1-2/h1-4H,5H2;4H,3H2,1-2H3;1-2H3. The van der Waals surface area contributed by atoms with Gasteiger partial charge in [0.2, 0.25) is 0 Å². The summed E-state index contributed by atoms with van der Waals surface area (Å²) in [6, 6.07) is 4.88. The molecule has 0 spiro atoms. The van der Waals surface area contributed by atoms with Crippen molar-refractivity contribution >= 4 is 0 Å². The van der Waals surface area contributed by atoms with Crippen LogP contribution in [-0.4, -0.2) is 19.8 Å². The molecule has 18 heavy (non-hydrogen) atoms. The molecule has 1 rings (SSSR count). The Bertz CT molecular complexity index is 295. The summed E-state index contributed by atoms with van der Waals surface area (Å²) in [4.78, 5) is 0. The van der Waals surface area contributed by atoms with Crippen LogP contribution in [0.2, 0.25) is 0 Å². The Balaban J connectivity index is 0. The molecule has 0 heterocycles. The van der Waals surface area contributed by atoms with Gasteiger partial charge in [0.1, 0.15) is 5.82 Å². The third kappa shape index (κ3) is 11.4. The van der Waals surface area contributed by atoms with Crippen molar-refractivity contribution in [1.29, 1.82) is 0 Å². The first kappa shape index (κ1) is 19.2. The molecule has 0 aliphatic carbocycles. The van der Waals surface area contributed by atoms with E-state index in [9.17, 15) is 17.6 Å². The highest BCUT2D eigenvalue weighted by atomic mass is 19.4. The van der Waals surface area contributed by atoms with Crippen molar-refractivity contribution in [2.75, 3.05) is 13.6 Å². The molecule has 0 amide bonds. The molecule has 0 fully saturated rings. The van der Waals surface area contributed by atoms with Crippen molar-refractivity contribution in [3.05, 3.63) is 35.6 Å². The Kier molecular flexibility index (Phi) is 11.8. The van der Waals surface area contributed by atoms with Crippen molar-refractivity contribution in [2.45, 2.75) is 33.4 Å². The second-order valence-electron chi connectivity index (χ2n) is 3.09. The van der Waals surface area contributed by atoms with Crippen LogP contribution in [0.25, 0.3) is 0 Å². The number of alkyl halides is 3. The molecule has 0 saturated carbocycles. The third-order valence-corrected chi connectivity index (χ3v) is 1.70. The zero-order valence-electron chi connectivity index (χ0n) is 11.2. The highest BCUT2D eigenvalue weighted by Crippen LogP contribution is 2.22. The monoisotopic (exact) mass is 267 g/mol. The molecular weight excluding hydrogens is 246 g/mol. The Morgan fingerprint density at radius 3 is 1.89 bits per heavy atom. The minimum Gasteiger partial charge on any atom is -0.320 e. The number of halogens is 4. The lowest BCUT2D eigenvalue weighted by Crippen LogP contribution is -2.12. The van der Waals surface area contributed by atoms with Gasteiger partial charge in [-0.3, -0.25) is 0 Å². The molecule has 1 N–H and O–H groups in total. The third-order valence-electron chi connectivity index (χ3n) is 1.70. The Morgan fingerprint density at radius 1 is 1.11 bits per heavy atom. The maximum atomic E-state index is 12.6. The van der Waals surface area contributed by atoms with E-state index in [0.717, 1.165) is 18.7 Å². The fourth-order valence-electron chi connectivity index (χ4n) is 0.858. The maximum absolute atomic E-state index is 12.6. The van der Waals surface area contributed by atoms with Crippen LogP contribution in [0.15, 0.2) is 24.3 Å². The smallest absolute Gasteiger partial charge is 0.320 e. The van der Waals surface area contributed by atoms with Gasteiger partial charge in [0.15, 0.2) is 0 Å². The van der Waals surface area contributed by atoms with Crippen LogP contribution in [0.1, 0.15) is 26.3 Å². The zero-order chi connectivity index (χ0) is 14.6. The fraction of sp³-hybridized carbons (Fsp3) is 0.538. The van der Waals surface area contributed by atoms with Gasteiger partial charge < -0.3 is 5.32 Å². The average Bonchev–Trinajstić information content (AvgIpc) is 2.33. The number of rotatable bonds is 2. The Hall–Kier alpha value is -1.10. The van der Waals surface area contributed by atoms with E-state index in [2.05, 4.69) is 12.2 Å². The van der Waals surface area contributed by atoms with Crippen LogP contribution in [-0.2, 0) is 6.42 Å². The first-order valence-corrected chi connectivity index (χ1v) is 5.85. The van der Waals surface area contributed by atoms with E-state index in [1.807, 2.05) is 20.9 Å². The van der Waals surface area contributed by atoms with E-state index in [4.69, 9.17) is 0 Å². The average molecular weight is 267 g/mol. The minimum atomic E-state index is -4.35. The lowest BCUT2D eigenvalue weighted by Gasteiger charge is -2.06. The second-order valence-corrected chi connectivity index (χ2v) is 3.09. The van der Waals surface area contributed by atoms with Gasteiger partial charge in [-0.2, -0.15) is 13.2 Å². The molecule has 0 bridgehead atoms.